The van der Waals surface area contributed by atoms with Gasteiger partial charge in [-0.1, -0.05) is 27.4 Å². The minimum absolute atomic E-state index is 0.639. The first-order valence-electron chi connectivity index (χ1n) is 4.66. The van der Waals surface area contributed by atoms with Crippen molar-refractivity contribution in [3.8, 4) is 0 Å². The first-order valence-corrected chi connectivity index (χ1v) is 4.66. The van der Waals surface area contributed by atoms with Crippen molar-refractivity contribution in [1.82, 2.24) is 5.32 Å². The lowest BCUT2D eigenvalue weighted by molar-refractivity contribution is 0.152. The lowest BCUT2D eigenvalue weighted by Crippen LogP contribution is -2.21. The topological polar surface area (TPSA) is 21.3 Å². The number of nitrogens with one attached hydrogen (secondary N) is 1. The highest BCUT2D eigenvalue weighted by atomic mass is 16.5. The quantitative estimate of drug-likeness (QED) is 0.593. The Bertz CT molecular complexity index is 121. The van der Waals surface area contributed by atoms with E-state index in [0.29, 0.717) is 12.5 Å². The van der Waals surface area contributed by atoms with E-state index in [1.165, 1.54) is 0 Å². The SMILES string of the molecule is C=C(COCCC)NCC(C)C. The zero-order valence-electron chi connectivity index (χ0n) is 8.52. The van der Waals surface area contributed by atoms with Crippen LogP contribution in [0.1, 0.15) is 27.2 Å². The van der Waals surface area contributed by atoms with E-state index in [-0.39, 0.29) is 0 Å². The summed E-state index contributed by atoms with van der Waals surface area (Å²) in [6, 6.07) is 0. The van der Waals surface area contributed by atoms with E-state index in [9.17, 15) is 0 Å². The number of ether oxygens (including phenoxy) is 1. The fraction of sp³-hybridized carbons (Fsp3) is 0.800. The molecule has 0 atom stereocenters. The minimum Gasteiger partial charge on any atom is -0.387 e. The Balaban J connectivity index is 3.22. The summed E-state index contributed by atoms with van der Waals surface area (Å²) in [5, 5.41) is 3.22. The molecule has 1 N–H and O–H groups in total. The molecule has 0 rings (SSSR count). The van der Waals surface area contributed by atoms with E-state index in [2.05, 4.69) is 32.7 Å². The highest BCUT2D eigenvalue weighted by molar-refractivity contribution is 4.90. The van der Waals surface area contributed by atoms with E-state index < -0.39 is 0 Å². The van der Waals surface area contributed by atoms with Crippen molar-refractivity contribution in [3.05, 3.63) is 12.3 Å². The van der Waals surface area contributed by atoms with E-state index in [0.717, 1.165) is 25.3 Å². The molecule has 0 aliphatic rings. The molecular weight excluding hydrogens is 150 g/mol. The molecule has 0 unspecified atom stereocenters. The van der Waals surface area contributed by atoms with Crippen LogP contribution in [0, 0.1) is 5.92 Å². The summed E-state index contributed by atoms with van der Waals surface area (Å²) in [7, 11) is 0. The first-order chi connectivity index (χ1) is 5.66. The molecule has 2 heteroatoms. The average molecular weight is 171 g/mol. The zero-order valence-corrected chi connectivity index (χ0v) is 8.52. The third-order valence-corrected chi connectivity index (χ3v) is 1.39. The Labute approximate surface area is 76.0 Å². The van der Waals surface area contributed by atoms with Gasteiger partial charge in [0.1, 0.15) is 0 Å². The van der Waals surface area contributed by atoms with Crippen LogP contribution in [-0.4, -0.2) is 19.8 Å². The molecule has 0 bridgehead atoms. The Morgan fingerprint density at radius 2 is 2.17 bits per heavy atom. The number of rotatable bonds is 7. The molecule has 0 aromatic heterocycles. The van der Waals surface area contributed by atoms with Crippen LogP contribution < -0.4 is 5.32 Å². The van der Waals surface area contributed by atoms with E-state index in [1.807, 2.05) is 0 Å². The van der Waals surface area contributed by atoms with Crippen LogP contribution in [0.2, 0.25) is 0 Å². The Morgan fingerprint density at radius 1 is 1.50 bits per heavy atom. The van der Waals surface area contributed by atoms with Gasteiger partial charge < -0.3 is 10.1 Å². The molecule has 12 heavy (non-hydrogen) atoms. The third-order valence-electron chi connectivity index (χ3n) is 1.39. The van der Waals surface area contributed by atoms with Crippen molar-refractivity contribution in [2.75, 3.05) is 19.8 Å². The maximum atomic E-state index is 5.31. The molecular formula is C10H21NO. The van der Waals surface area contributed by atoms with Crippen LogP contribution in [0.5, 0.6) is 0 Å². The van der Waals surface area contributed by atoms with Crippen molar-refractivity contribution in [3.63, 3.8) is 0 Å². The van der Waals surface area contributed by atoms with E-state index >= 15 is 0 Å². The third kappa shape index (κ3) is 7.61. The summed E-state index contributed by atoms with van der Waals surface area (Å²) in [6.07, 6.45) is 1.07. The predicted octanol–water partition coefficient (Wildman–Crippen LogP) is 2.17. The monoisotopic (exact) mass is 171 g/mol. The molecule has 0 saturated heterocycles. The molecule has 0 aromatic rings. The van der Waals surface area contributed by atoms with Gasteiger partial charge in [-0.15, -0.1) is 0 Å². The fourth-order valence-electron chi connectivity index (χ4n) is 0.739. The van der Waals surface area contributed by atoms with Crippen LogP contribution in [0.3, 0.4) is 0 Å². The second-order valence-electron chi connectivity index (χ2n) is 3.43. The molecule has 0 heterocycles. The second kappa shape index (κ2) is 7.17. The van der Waals surface area contributed by atoms with Gasteiger partial charge in [-0.3, -0.25) is 0 Å². The highest BCUT2D eigenvalue weighted by Crippen LogP contribution is 1.92. The number of hydrogen-bond donors (Lipinski definition) is 1. The Morgan fingerprint density at radius 3 is 2.67 bits per heavy atom. The lowest BCUT2D eigenvalue weighted by Gasteiger charge is -2.11. The van der Waals surface area contributed by atoms with Gasteiger partial charge in [-0.25, -0.2) is 0 Å². The van der Waals surface area contributed by atoms with Gasteiger partial charge in [-0.2, -0.15) is 0 Å². The van der Waals surface area contributed by atoms with E-state index in [1.54, 1.807) is 0 Å². The summed E-state index contributed by atoms with van der Waals surface area (Å²) >= 11 is 0. The molecule has 0 aliphatic carbocycles. The Hall–Kier alpha value is -0.500. The van der Waals surface area contributed by atoms with E-state index in [4.69, 9.17) is 4.74 Å². The zero-order chi connectivity index (χ0) is 9.40. The van der Waals surface area contributed by atoms with Gasteiger partial charge in [0.05, 0.1) is 6.61 Å². The first kappa shape index (κ1) is 11.5. The van der Waals surface area contributed by atoms with Crippen LogP contribution in [0.4, 0.5) is 0 Å². The molecule has 2 nitrogen and oxygen atoms in total. The van der Waals surface area contributed by atoms with Gasteiger partial charge in [0.2, 0.25) is 0 Å². The van der Waals surface area contributed by atoms with Gasteiger partial charge in [-0.05, 0) is 12.3 Å². The number of hydrogen-bond acceptors (Lipinski definition) is 2. The summed E-state index contributed by atoms with van der Waals surface area (Å²) < 4.78 is 5.31. The van der Waals surface area contributed by atoms with Crippen molar-refractivity contribution in [2.45, 2.75) is 27.2 Å². The summed E-state index contributed by atoms with van der Waals surface area (Å²) in [5.41, 5.74) is 0.983. The van der Waals surface area contributed by atoms with Gasteiger partial charge in [0.25, 0.3) is 0 Å². The minimum atomic E-state index is 0.639. The standard InChI is InChI=1S/C10H21NO/c1-5-6-12-8-10(4)11-7-9(2)3/h9,11H,4-8H2,1-3H3. The summed E-state index contributed by atoms with van der Waals surface area (Å²) in [5.74, 6) is 0.660. The molecule has 0 saturated carbocycles. The van der Waals surface area contributed by atoms with Crippen LogP contribution in [-0.2, 0) is 4.74 Å². The summed E-state index contributed by atoms with van der Waals surface area (Å²) in [4.78, 5) is 0. The molecule has 0 spiro atoms. The van der Waals surface area contributed by atoms with Gasteiger partial charge >= 0.3 is 0 Å². The van der Waals surface area contributed by atoms with Crippen LogP contribution in [0.15, 0.2) is 12.3 Å². The lowest BCUT2D eigenvalue weighted by atomic mass is 10.2. The van der Waals surface area contributed by atoms with Gasteiger partial charge in [0.15, 0.2) is 0 Å². The average Bonchev–Trinajstić information content (AvgIpc) is 2.01. The van der Waals surface area contributed by atoms with Crippen molar-refractivity contribution in [1.29, 1.82) is 0 Å². The molecule has 0 radical (unpaired) electrons. The predicted molar refractivity (Wildman–Crippen MR) is 53.1 cm³/mol. The smallest absolute Gasteiger partial charge is 0.0856 e. The molecule has 72 valence electrons. The molecule has 0 aromatic carbocycles. The Kier molecular flexibility index (Phi) is 6.87. The molecule has 0 aliphatic heterocycles. The normalized spacial score (nSPS) is 10.3. The molecule has 0 fully saturated rings. The van der Waals surface area contributed by atoms with Gasteiger partial charge in [0, 0.05) is 18.8 Å². The summed E-state index contributed by atoms with van der Waals surface area (Å²) in [6.45, 7) is 12.8. The molecule has 0 amide bonds. The van der Waals surface area contributed by atoms with Crippen molar-refractivity contribution in [2.24, 2.45) is 5.92 Å². The largest absolute Gasteiger partial charge is 0.387 e. The maximum absolute atomic E-state index is 5.31. The second-order valence-corrected chi connectivity index (χ2v) is 3.43. The maximum Gasteiger partial charge on any atom is 0.0856 e. The van der Waals surface area contributed by atoms with Crippen molar-refractivity contribution >= 4 is 0 Å². The van der Waals surface area contributed by atoms with Crippen LogP contribution >= 0.6 is 0 Å². The van der Waals surface area contributed by atoms with Crippen molar-refractivity contribution < 1.29 is 4.74 Å². The fourth-order valence-corrected chi connectivity index (χ4v) is 0.739. The highest BCUT2D eigenvalue weighted by Gasteiger charge is 1.95. The van der Waals surface area contributed by atoms with Crippen LogP contribution in [0.25, 0.3) is 0 Å².